The number of hydrogen-bond donors (Lipinski definition) is 1. The van der Waals surface area contributed by atoms with Gasteiger partial charge in [-0.25, -0.2) is 4.98 Å². The van der Waals surface area contributed by atoms with Gasteiger partial charge in [0, 0.05) is 13.1 Å². The maximum Gasteiger partial charge on any atom is 0.143 e. The number of nitrogens with zero attached hydrogens (tertiary/aromatic N) is 2. The third kappa shape index (κ3) is 2.03. The van der Waals surface area contributed by atoms with E-state index in [1.807, 2.05) is 49.0 Å². The topological polar surface area (TPSA) is 53.1 Å². The summed E-state index contributed by atoms with van der Waals surface area (Å²) in [7, 11) is 3.63. The molecule has 0 saturated heterocycles. The van der Waals surface area contributed by atoms with Gasteiger partial charge in [-0.3, -0.25) is 0 Å². The predicted octanol–water partition coefficient (Wildman–Crippen LogP) is 2.12. The van der Waals surface area contributed by atoms with Crippen molar-refractivity contribution < 1.29 is 4.74 Å². The Morgan fingerprint density at radius 1 is 1.35 bits per heavy atom. The summed E-state index contributed by atoms with van der Waals surface area (Å²) >= 11 is 0. The molecule has 0 spiro atoms. The number of ether oxygens (including phenoxy) is 1. The number of aromatic nitrogens is 2. The molecule has 0 saturated carbocycles. The lowest BCUT2D eigenvalue weighted by molar-refractivity contribution is 0.416. The number of imidazole rings is 1. The lowest BCUT2D eigenvalue weighted by Gasteiger charge is -2.11. The minimum atomic E-state index is -0.0315. The van der Waals surface area contributed by atoms with Gasteiger partial charge in [-0.05, 0) is 19.1 Å². The molecule has 0 amide bonds. The fourth-order valence-electron chi connectivity index (χ4n) is 1.93. The van der Waals surface area contributed by atoms with E-state index in [1.54, 1.807) is 7.11 Å². The van der Waals surface area contributed by atoms with Crippen LogP contribution in [0.15, 0.2) is 30.5 Å². The normalized spacial score (nSPS) is 12.5. The first-order chi connectivity index (χ1) is 8.15. The second-order valence-electron chi connectivity index (χ2n) is 4.05. The first-order valence-corrected chi connectivity index (χ1v) is 5.55. The van der Waals surface area contributed by atoms with Crippen LogP contribution in [0.2, 0.25) is 0 Å². The van der Waals surface area contributed by atoms with Crippen LogP contribution in [0.5, 0.6) is 5.75 Å². The molecular formula is C13H17N3O. The Labute approximate surface area is 101 Å². The largest absolute Gasteiger partial charge is 0.496 e. The van der Waals surface area contributed by atoms with Gasteiger partial charge in [0.1, 0.15) is 11.6 Å². The Bertz CT molecular complexity index is 517. The summed E-state index contributed by atoms with van der Waals surface area (Å²) in [5, 5.41) is 0. The van der Waals surface area contributed by atoms with Crippen LogP contribution < -0.4 is 10.5 Å². The molecule has 0 bridgehead atoms. The van der Waals surface area contributed by atoms with Crippen molar-refractivity contribution in [1.29, 1.82) is 0 Å². The van der Waals surface area contributed by atoms with Gasteiger partial charge in [0.05, 0.1) is 24.6 Å². The quantitative estimate of drug-likeness (QED) is 0.880. The number of rotatable bonds is 3. The Hall–Kier alpha value is -1.81. The molecule has 2 aromatic rings. The molecule has 0 radical (unpaired) electrons. The highest BCUT2D eigenvalue weighted by Gasteiger charge is 2.14. The van der Waals surface area contributed by atoms with Gasteiger partial charge in [0.15, 0.2) is 0 Å². The zero-order valence-corrected chi connectivity index (χ0v) is 10.3. The van der Waals surface area contributed by atoms with Crippen molar-refractivity contribution in [3.63, 3.8) is 0 Å². The van der Waals surface area contributed by atoms with E-state index >= 15 is 0 Å². The highest BCUT2D eigenvalue weighted by molar-refractivity contribution is 5.64. The van der Waals surface area contributed by atoms with E-state index < -0.39 is 0 Å². The maximum atomic E-state index is 5.88. The van der Waals surface area contributed by atoms with E-state index in [2.05, 4.69) is 4.98 Å². The highest BCUT2D eigenvalue weighted by atomic mass is 16.5. The van der Waals surface area contributed by atoms with Gasteiger partial charge in [0.2, 0.25) is 0 Å². The monoisotopic (exact) mass is 231 g/mol. The van der Waals surface area contributed by atoms with Crippen LogP contribution in [-0.2, 0) is 7.05 Å². The van der Waals surface area contributed by atoms with E-state index in [-0.39, 0.29) is 6.04 Å². The van der Waals surface area contributed by atoms with Crippen molar-refractivity contribution in [2.75, 3.05) is 7.11 Å². The summed E-state index contributed by atoms with van der Waals surface area (Å²) in [4.78, 5) is 4.42. The Morgan fingerprint density at radius 3 is 2.65 bits per heavy atom. The second kappa shape index (κ2) is 4.59. The summed E-state index contributed by atoms with van der Waals surface area (Å²) in [6, 6.07) is 7.80. The van der Waals surface area contributed by atoms with Gasteiger partial charge in [-0.2, -0.15) is 0 Å². The molecule has 1 aromatic carbocycles. The number of benzene rings is 1. The van der Waals surface area contributed by atoms with Crippen LogP contribution in [0.1, 0.15) is 18.7 Å². The van der Waals surface area contributed by atoms with Crippen molar-refractivity contribution in [3.8, 4) is 17.1 Å². The van der Waals surface area contributed by atoms with E-state index in [0.29, 0.717) is 0 Å². The molecule has 1 heterocycles. The summed E-state index contributed by atoms with van der Waals surface area (Å²) in [6.07, 6.45) is 1.81. The minimum Gasteiger partial charge on any atom is -0.496 e. The molecule has 1 unspecified atom stereocenters. The van der Waals surface area contributed by atoms with Gasteiger partial charge in [-0.1, -0.05) is 12.1 Å². The Kier molecular flexibility index (Phi) is 3.15. The average Bonchev–Trinajstić information content (AvgIpc) is 2.71. The fourth-order valence-corrected chi connectivity index (χ4v) is 1.93. The van der Waals surface area contributed by atoms with Crippen molar-refractivity contribution in [3.05, 3.63) is 36.2 Å². The van der Waals surface area contributed by atoms with E-state index in [1.165, 1.54) is 0 Å². The predicted molar refractivity (Wildman–Crippen MR) is 67.8 cm³/mol. The lowest BCUT2D eigenvalue weighted by Crippen LogP contribution is -2.10. The van der Waals surface area contributed by atoms with Crippen LogP contribution in [0, 0.1) is 0 Å². The molecule has 4 heteroatoms. The zero-order chi connectivity index (χ0) is 12.4. The summed E-state index contributed by atoms with van der Waals surface area (Å²) < 4.78 is 7.34. The van der Waals surface area contributed by atoms with Crippen LogP contribution in [0.3, 0.4) is 0 Å². The fraction of sp³-hybridized carbons (Fsp3) is 0.308. The Morgan fingerprint density at radius 2 is 2.06 bits per heavy atom. The standard InChI is InChI=1S/C13H17N3O/c1-9(14)11-8-15-13(16(11)2)10-6-4-5-7-12(10)17-3/h4-9H,14H2,1-3H3. The lowest BCUT2D eigenvalue weighted by atomic mass is 10.2. The highest BCUT2D eigenvalue weighted by Crippen LogP contribution is 2.29. The van der Waals surface area contributed by atoms with Crippen molar-refractivity contribution >= 4 is 0 Å². The molecular weight excluding hydrogens is 214 g/mol. The molecule has 17 heavy (non-hydrogen) atoms. The molecule has 2 N–H and O–H groups in total. The van der Waals surface area contributed by atoms with Crippen molar-refractivity contribution in [1.82, 2.24) is 9.55 Å². The van der Waals surface area contributed by atoms with Gasteiger partial charge in [-0.15, -0.1) is 0 Å². The van der Waals surface area contributed by atoms with Crippen LogP contribution in [-0.4, -0.2) is 16.7 Å². The average molecular weight is 231 g/mol. The molecule has 4 nitrogen and oxygen atoms in total. The zero-order valence-electron chi connectivity index (χ0n) is 10.3. The molecule has 0 aliphatic rings. The third-order valence-electron chi connectivity index (χ3n) is 2.84. The second-order valence-corrected chi connectivity index (χ2v) is 4.05. The summed E-state index contributed by atoms with van der Waals surface area (Å²) in [6.45, 7) is 1.95. The number of nitrogens with two attached hydrogens (primary N) is 1. The molecule has 0 fully saturated rings. The van der Waals surface area contributed by atoms with Crippen LogP contribution in [0.25, 0.3) is 11.4 Å². The number of hydrogen-bond acceptors (Lipinski definition) is 3. The molecule has 0 aliphatic carbocycles. The maximum absolute atomic E-state index is 5.88. The van der Waals surface area contributed by atoms with Crippen LogP contribution in [0.4, 0.5) is 0 Å². The van der Waals surface area contributed by atoms with E-state index in [0.717, 1.165) is 22.8 Å². The molecule has 1 atom stereocenters. The van der Waals surface area contributed by atoms with Crippen LogP contribution >= 0.6 is 0 Å². The third-order valence-corrected chi connectivity index (χ3v) is 2.84. The number of methoxy groups -OCH3 is 1. The summed E-state index contributed by atoms with van der Waals surface area (Å²) in [5.74, 6) is 1.69. The summed E-state index contributed by atoms with van der Waals surface area (Å²) in [5.41, 5.74) is 7.87. The van der Waals surface area contributed by atoms with Gasteiger partial charge in [0.25, 0.3) is 0 Å². The van der Waals surface area contributed by atoms with Crippen molar-refractivity contribution in [2.24, 2.45) is 12.8 Å². The van der Waals surface area contributed by atoms with Gasteiger partial charge < -0.3 is 15.0 Å². The first-order valence-electron chi connectivity index (χ1n) is 5.55. The molecule has 0 aliphatic heterocycles. The first kappa shape index (κ1) is 11.7. The minimum absolute atomic E-state index is 0.0315. The van der Waals surface area contributed by atoms with E-state index in [9.17, 15) is 0 Å². The Balaban J connectivity index is 2.53. The SMILES string of the molecule is COc1ccccc1-c1ncc(C(C)N)n1C. The molecule has 2 rings (SSSR count). The van der Waals surface area contributed by atoms with Gasteiger partial charge >= 0.3 is 0 Å². The van der Waals surface area contributed by atoms with Crippen molar-refractivity contribution in [2.45, 2.75) is 13.0 Å². The number of para-hydroxylation sites is 1. The van der Waals surface area contributed by atoms with E-state index in [4.69, 9.17) is 10.5 Å². The molecule has 1 aromatic heterocycles. The molecule has 90 valence electrons. The smallest absolute Gasteiger partial charge is 0.143 e.